The summed E-state index contributed by atoms with van der Waals surface area (Å²) in [4.78, 5) is 44.1. The maximum Gasteiger partial charge on any atom is 0.325 e. The van der Waals surface area contributed by atoms with E-state index in [1.807, 2.05) is 54.7 Å². The van der Waals surface area contributed by atoms with E-state index in [0.29, 0.717) is 19.5 Å². The molecule has 0 radical (unpaired) electrons. The van der Waals surface area contributed by atoms with Crippen LogP contribution in [0.3, 0.4) is 0 Å². The van der Waals surface area contributed by atoms with E-state index in [1.54, 1.807) is 4.90 Å². The highest BCUT2D eigenvalue weighted by Gasteiger charge is 2.39. The third kappa shape index (κ3) is 3.77. The maximum absolute atomic E-state index is 12.9. The summed E-state index contributed by atoms with van der Waals surface area (Å²) in [7, 11) is 0. The van der Waals surface area contributed by atoms with Gasteiger partial charge in [-0.05, 0) is 29.2 Å². The van der Waals surface area contributed by atoms with E-state index in [0.717, 1.165) is 33.4 Å². The zero-order chi connectivity index (χ0) is 22.1. The molecule has 1 fully saturated rings. The van der Waals surface area contributed by atoms with Crippen molar-refractivity contribution in [2.75, 3.05) is 19.6 Å². The van der Waals surface area contributed by atoms with Crippen LogP contribution in [-0.2, 0) is 16.0 Å². The number of amides is 4. The molecule has 3 heterocycles. The smallest absolute Gasteiger partial charge is 0.325 e. The molecule has 2 aromatic carbocycles. The van der Waals surface area contributed by atoms with Crippen molar-refractivity contribution in [3.8, 4) is 0 Å². The first kappa shape index (κ1) is 20.1. The quantitative estimate of drug-likeness (QED) is 0.613. The number of hydrogen-bond donors (Lipinski definition) is 2. The summed E-state index contributed by atoms with van der Waals surface area (Å²) in [6, 6.07) is 16.8. The van der Waals surface area contributed by atoms with E-state index in [9.17, 15) is 14.4 Å². The Hall–Kier alpha value is -3.87. The average Bonchev–Trinajstić information content (AvgIpc) is 3.36. The molecule has 2 aliphatic heterocycles. The third-order valence-electron chi connectivity index (χ3n) is 6.21. The van der Waals surface area contributed by atoms with E-state index in [4.69, 9.17) is 0 Å². The lowest BCUT2D eigenvalue weighted by Crippen LogP contribution is -2.44. The normalized spacial score (nSPS) is 18.8. The number of aromatic nitrogens is 1. The molecule has 0 aliphatic carbocycles. The van der Waals surface area contributed by atoms with Crippen molar-refractivity contribution in [2.45, 2.75) is 18.9 Å². The largest absolute Gasteiger partial charge is 0.361 e. The van der Waals surface area contributed by atoms with Gasteiger partial charge in [-0.1, -0.05) is 54.6 Å². The van der Waals surface area contributed by atoms with Gasteiger partial charge in [0.15, 0.2) is 0 Å². The molecule has 32 heavy (non-hydrogen) atoms. The summed E-state index contributed by atoms with van der Waals surface area (Å²) >= 11 is 0. The lowest BCUT2D eigenvalue weighted by atomic mass is 9.99. The highest BCUT2D eigenvalue weighted by Crippen LogP contribution is 2.23. The van der Waals surface area contributed by atoms with Crippen LogP contribution in [0.5, 0.6) is 0 Å². The van der Waals surface area contributed by atoms with Crippen molar-refractivity contribution in [1.82, 2.24) is 20.1 Å². The van der Waals surface area contributed by atoms with Gasteiger partial charge in [0.1, 0.15) is 12.6 Å². The second-order valence-electron chi connectivity index (χ2n) is 8.18. The standard InChI is InChI=1S/C25H24N4O3/c30-23(28-12-10-18(11-13-28)17-6-2-1-3-7-17)16-29-24(31)22(27-25(29)32)14-19-15-26-21-9-5-4-8-20(19)21/h1-10,15,22,26H,11-14,16H2,(H,27,32)/t22-/m1/s1. The fourth-order valence-corrected chi connectivity index (χ4v) is 4.43. The minimum absolute atomic E-state index is 0.218. The molecular formula is C25H24N4O3. The number of nitrogens with zero attached hydrogens (tertiary/aromatic N) is 2. The Kier molecular flexibility index (Phi) is 5.23. The van der Waals surface area contributed by atoms with E-state index in [1.165, 1.54) is 5.57 Å². The predicted molar refractivity (Wildman–Crippen MR) is 122 cm³/mol. The van der Waals surface area contributed by atoms with Gasteiger partial charge in [-0.15, -0.1) is 0 Å². The van der Waals surface area contributed by atoms with Crippen molar-refractivity contribution in [3.63, 3.8) is 0 Å². The van der Waals surface area contributed by atoms with E-state index in [-0.39, 0.29) is 18.4 Å². The Balaban J connectivity index is 1.22. The van der Waals surface area contributed by atoms with E-state index < -0.39 is 12.1 Å². The van der Waals surface area contributed by atoms with Crippen LogP contribution >= 0.6 is 0 Å². The maximum atomic E-state index is 12.9. The number of para-hydroxylation sites is 1. The lowest BCUT2D eigenvalue weighted by Gasteiger charge is -2.28. The molecule has 5 rings (SSSR count). The van der Waals surface area contributed by atoms with Gasteiger partial charge in [0.25, 0.3) is 5.91 Å². The van der Waals surface area contributed by atoms with E-state index >= 15 is 0 Å². The Morgan fingerprint density at radius 2 is 1.81 bits per heavy atom. The number of nitrogens with one attached hydrogen (secondary N) is 2. The van der Waals surface area contributed by atoms with Gasteiger partial charge in [-0.3, -0.25) is 14.5 Å². The molecule has 4 amide bonds. The molecule has 0 saturated carbocycles. The topological polar surface area (TPSA) is 85.5 Å². The number of rotatable bonds is 5. The van der Waals surface area contributed by atoms with Crippen LogP contribution in [-0.4, -0.2) is 58.3 Å². The Morgan fingerprint density at radius 1 is 1.03 bits per heavy atom. The summed E-state index contributed by atoms with van der Waals surface area (Å²) < 4.78 is 0. The van der Waals surface area contributed by atoms with Crippen molar-refractivity contribution >= 4 is 34.3 Å². The van der Waals surface area contributed by atoms with Gasteiger partial charge in [0.2, 0.25) is 5.91 Å². The van der Waals surface area contributed by atoms with Gasteiger partial charge >= 0.3 is 6.03 Å². The van der Waals surface area contributed by atoms with E-state index in [2.05, 4.69) is 22.4 Å². The molecule has 1 atom stereocenters. The number of urea groups is 1. The SMILES string of the molecule is O=C(CN1C(=O)N[C@H](Cc2c[nH]c3ccccc23)C1=O)N1CC=C(c2ccccc2)CC1. The number of hydrogen-bond acceptors (Lipinski definition) is 3. The van der Waals surface area contributed by atoms with Crippen molar-refractivity contribution < 1.29 is 14.4 Å². The fraction of sp³-hybridized carbons (Fsp3) is 0.240. The molecule has 1 aromatic heterocycles. The first-order valence-electron chi connectivity index (χ1n) is 10.8. The Bertz CT molecular complexity index is 1210. The summed E-state index contributed by atoms with van der Waals surface area (Å²) in [5, 5.41) is 3.76. The summed E-state index contributed by atoms with van der Waals surface area (Å²) in [6.45, 7) is 0.816. The molecule has 2 aliphatic rings. The third-order valence-corrected chi connectivity index (χ3v) is 6.21. The van der Waals surface area contributed by atoms with Gasteiger partial charge < -0.3 is 15.2 Å². The summed E-state index contributed by atoms with van der Waals surface area (Å²) in [6.07, 6.45) is 5.04. The highest BCUT2D eigenvalue weighted by molar-refractivity contribution is 6.06. The lowest BCUT2D eigenvalue weighted by molar-refractivity contribution is -0.137. The van der Waals surface area contributed by atoms with Crippen molar-refractivity contribution in [1.29, 1.82) is 0 Å². The molecule has 2 N–H and O–H groups in total. The van der Waals surface area contributed by atoms with Gasteiger partial charge in [0, 0.05) is 36.6 Å². The molecule has 1 saturated heterocycles. The van der Waals surface area contributed by atoms with Crippen molar-refractivity contribution in [3.05, 3.63) is 78.0 Å². The minimum atomic E-state index is -0.666. The van der Waals surface area contributed by atoms with Crippen molar-refractivity contribution in [2.24, 2.45) is 0 Å². The number of carbonyl (C=O) groups excluding carboxylic acids is 3. The molecule has 3 aromatic rings. The van der Waals surface area contributed by atoms with Crippen LogP contribution in [0.15, 0.2) is 66.9 Å². The Labute approximate surface area is 185 Å². The van der Waals surface area contributed by atoms with Crippen LogP contribution < -0.4 is 5.32 Å². The Morgan fingerprint density at radius 3 is 2.59 bits per heavy atom. The summed E-state index contributed by atoms with van der Waals surface area (Å²) in [5.41, 5.74) is 4.32. The molecule has 162 valence electrons. The van der Waals surface area contributed by atoms with Gasteiger partial charge in [0.05, 0.1) is 0 Å². The molecule has 0 bridgehead atoms. The first-order valence-corrected chi connectivity index (χ1v) is 10.8. The molecule has 0 spiro atoms. The summed E-state index contributed by atoms with van der Waals surface area (Å²) in [5.74, 6) is -0.573. The fourth-order valence-electron chi connectivity index (χ4n) is 4.43. The first-order chi connectivity index (χ1) is 15.6. The van der Waals surface area contributed by atoms with Gasteiger partial charge in [-0.25, -0.2) is 4.79 Å². The number of benzene rings is 2. The number of imide groups is 1. The number of fused-ring (bicyclic) bond motifs is 1. The number of H-pyrrole nitrogens is 1. The van der Waals surface area contributed by atoms with Crippen LogP contribution in [0.1, 0.15) is 17.5 Å². The van der Waals surface area contributed by atoms with Crippen LogP contribution in [0.4, 0.5) is 4.79 Å². The van der Waals surface area contributed by atoms with Gasteiger partial charge in [-0.2, -0.15) is 0 Å². The minimum Gasteiger partial charge on any atom is -0.361 e. The average molecular weight is 428 g/mol. The number of aromatic amines is 1. The van der Waals surface area contributed by atoms with Crippen LogP contribution in [0.2, 0.25) is 0 Å². The zero-order valence-electron chi connectivity index (χ0n) is 17.6. The molecular weight excluding hydrogens is 404 g/mol. The van der Waals surface area contributed by atoms with Crippen LogP contribution in [0.25, 0.3) is 16.5 Å². The predicted octanol–water partition coefficient (Wildman–Crippen LogP) is 2.95. The monoisotopic (exact) mass is 428 g/mol. The number of carbonyl (C=O) groups is 3. The second kappa shape index (κ2) is 8.34. The second-order valence-corrected chi connectivity index (χ2v) is 8.18. The molecule has 7 heteroatoms. The molecule has 0 unspecified atom stereocenters. The van der Waals surface area contributed by atoms with Crippen LogP contribution in [0, 0.1) is 0 Å². The zero-order valence-corrected chi connectivity index (χ0v) is 17.6. The highest BCUT2D eigenvalue weighted by atomic mass is 16.2. The molecule has 7 nitrogen and oxygen atoms in total.